The van der Waals surface area contributed by atoms with Gasteiger partial charge in [-0.25, -0.2) is 4.39 Å². The summed E-state index contributed by atoms with van der Waals surface area (Å²) >= 11 is 1.79. The molecule has 0 saturated carbocycles. The number of aromatic nitrogens is 2. The minimum Gasteiger partial charge on any atom is -0.337 e. The third kappa shape index (κ3) is 4.63. The standard InChI is InChI=1S/C23H27FN4OS/c1-16(23(29)28-12-9-22-18(15-28)10-13-30-22)27(2)11-3-4-20-14-21(26-25-20)17-5-7-19(24)8-6-17/h5-8,10,13-14,16H,3-4,9,11-12,15H2,1-2H3,(H,25,26). The van der Waals surface area contributed by atoms with Gasteiger partial charge in [0, 0.05) is 29.2 Å². The number of halogens is 1. The summed E-state index contributed by atoms with van der Waals surface area (Å²) in [6.07, 6.45) is 2.74. The summed E-state index contributed by atoms with van der Waals surface area (Å²) in [5.41, 5.74) is 4.05. The minimum atomic E-state index is -0.249. The van der Waals surface area contributed by atoms with E-state index in [1.165, 1.54) is 22.6 Å². The van der Waals surface area contributed by atoms with E-state index in [0.717, 1.165) is 55.8 Å². The van der Waals surface area contributed by atoms with Crippen LogP contribution in [0.1, 0.15) is 29.5 Å². The topological polar surface area (TPSA) is 52.2 Å². The summed E-state index contributed by atoms with van der Waals surface area (Å²) in [4.78, 5) is 18.5. The Balaban J connectivity index is 1.26. The Hall–Kier alpha value is -2.51. The predicted octanol–water partition coefficient (Wildman–Crippen LogP) is 4.12. The normalized spacial score (nSPS) is 14.7. The molecule has 0 spiro atoms. The average Bonchev–Trinajstić information content (AvgIpc) is 3.42. The highest BCUT2D eigenvalue weighted by Crippen LogP contribution is 2.25. The molecule has 1 N–H and O–H groups in total. The molecule has 0 fully saturated rings. The first-order valence-electron chi connectivity index (χ1n) is 10.4. The van der Waals surface area contributed by atoms with Gasteiger partial charge in [-0.05, 0) is 87.1 Å². The highest BCUT2D eigenvalue weighted by molar-refractivity contribution is 7.10. The van der Waals surface area contributed by atoms with Crippen LogP contribution in [0.15, 0.2) is 41.8 Å². The van der Waals surface area contributed by atoms with E-state index in [1.54, 1.807) is 23.5 Å². The van der Waals surface area contributed by atoms with Gasteiger partial charge >= 0.3 is 0 Å². The molecule has 1 amide bonds. The molecule has 1 aliphatic heterocycles. The minimum absolute atomic E-state index is 0.137. The van der Waals surface area contributed by atoms with Crippen LogP contribution in [0.3, 0.4) is 0 Å². The first-order chi connectivity index (χ1) is 14.5. The van der Waals surface area contributed by atoms with Crippen molar-refractivity contribution < 1.29 is 9.18 Å². The second-order valence-corrected chi connectivity index (χ2v) is 8.92. The van der Waals surface area contributed by atoms with Gasteiger partial charge in [0.05, 0.1) is 11.7 Å². The quantitative estimate of drug-likeness (QED) is 0.618. The van der Waals surface area contributed by atoms with Crippen molar-refractivity contribution in [3.05, 3.63) is 63.7 Å². The lowest BCUT2D eigenvalue weighted by molar-refractivity contribution is -0.136. The van der Waals surface area contributed by atoms with Crippen molar-refractivity contribution in [2.24, 2.45) is 0 Å². The fourth-order valence-electron chi connectivity index (χ4n) is 3.86. The molecule has 7 heteroatoms. The van der Waals surface area contributed by atoms with Gasteiger partial charge in [0.25, 0.3) is 0 Å². The molecule has 0 bridgehead atoms. The van der Waals surface area contributed by atoms with Gasteiger partial charge in [-0.15, -0.1) is 11.3 Å². The van der Waals surface area contributed by atoms with E-state index < -0.39 is 0 Å². The van der Waals surface area contributed by atoms with E-state index in [2.05, 4.69) is 26.5 Å². The fourth-order valence-corrected chi connectivity index (χ4v) is 4.75. The maximum absolute atomic E-state index is 13.1. The smallest absolute Gasteiger partial charge is 0.239 e. The summed E-state index contributed by atoms with van der Waals surface area (Å²) in [5.74, 6) is -0.0454. The number of carbonyl (C=O) groups excluding carboxylic acids is 1. The highest BCUT2D eigenvalue weighted by atomic mass is 32.1. The number of nitrogens with one attached hydrogen (secondary N) is 1. The van der Waals surface area contributed by atoms with E-state index in [-0.39, 0.29) is 17.8 Å². The van der Waals surface area contributed by atoms with E-state index in [9.17, 15) is 9.18 Å². The highest BCUT2D eigenvalue weighted by Gasteiger charge is 2.27. The summed E-state index contributed by atoms with van der Waals surface area (Å²) in [5, 5.41) is 9.51. The van der Waals surface area contributed by atoms with Gasteiger partial charge < -0.3 is 4.90 Å². The number of likely N-dealkylation sites (N-methyl/N-ethyl adjacent to an activating group) is 1. The monoisotopic (exact) mass is 426 g/mol. The Labute approximate surface area is 180 Å². The number of nitrogens with zero attached hydrogens (tertiary/aromatic N) is 3. The average molecular weight is 427 g/mol. The number of hydrogen-bond acceptors (Lipinski definition) is 4. The Bertz CT molecular complexity index is 997. The van der Waals surface area contributed by atoms with Gasteiger partial charge in [0.2, 0.25) is 5.91 Å². The van der Waals surface area contributed by atoms with E-state index in [4.69, 9.17) is 0 Å². The fraction of sp³-hybridized carbons (Fsp3) is 0.391. The lowest BCUT2D eigenvalue weighted by Gasteiger charge is -2.32. The van der Waals surface area contributed by atoms with Crippen LogP contribution in [0, 0.1) is 5.82 Å². The number of benzene rings is 1. The number of carbonyl (C=O) groups is 1. The van der Waals surface area contributed by atoms with Crippen molar-refractivity contribution in [1.82, 2.24) is 20.0 Å². The van der Waals surface area contributed by atoms with Crippen LogP contribution in [0.2, 0.25) is 0 Å². The molecular weight excluding hydrogens is 399 g/mol. The maximum Gasteiger partial charge on any atom is 0.239 e. The van der Waals surface area contributed by atoms with Crippen LogP contribution in [0.25, 0.3) is 11.3 Å². The zero-order valence-corrected chi connectivity index (χ0v) is 18.2. The molecule has 5 nitrogen and oxygen atoms in total. The SMILES string of the molecule is CC(C(=O)N1CCc2sccc2C1)N(C)CCCc1cc(-c2ccc(F)cc2)n[nH]1. The van der Waals surface area contributed by atoms with Crippen LogP contribution >= 0.6 is 11.3 Å². The van der Waals surface area contributed by atoms with Crippen LogP contribution in [-0.4, -0.2) is 52.1 Å². The Morgan fingerprint density at radius 2 is 2.13 bits per heavy atom. The van der Waals surface area contributed by atoms with Crippen molar-refractivity contribution in [1.29, 1.82) is 0 Å². The number of fused-ring (bicyclic) bond motifs is 1. The number of amides is 1. The summed E-state index contributed by atoms with van der Waals surface area (Å²) in [7, 11) is 2.01. The van der Waals surface area contributed by atoms with E-state index in [0.29, 0.717) is 0 Å². The van der Waals surface area contributed by atoms with Crippen LogP contribution in [0.4, 0.5) is 4.39 Å². The molecule has 0 radical (unpaired) electrons. The molecule has 4 rings (SSSR count). The van der Waals surface area contributed by atoms with Gasteiger partial charge in [-0.1, -0.05) is 0 Å². The predicted molar refractivity (Wildman–Crippen MR) is 118 cm³/mol. The number of H-pyrrole nitrogens is 1. The lowest BCUT2D eigenvalue weighted by atomic mass is 10.1. The van der Waals surface area contributed by atoms with Gasteiger partial charge in [0.15, 0.2) is 0 Å². The number of thiophene rings is 1. The first-order valence-corrected chi connectivity index (χ1v) is 11.2. The van der Waals surface area contributed by atoms with Crippen molar-refractivity contribution in [3.63, 3.8) is 0 Å². The van der Waals surface area contributed by atoms with Crippen molar-refractivity contribution >= 4 is 17.2 Å². The third-order valence-corrected chi connectivity index (χ3v) is 6.89. The molecular formula is C23H27FN4OS. The molecule has 3 aromatic rings. The number of hydrogen-bond donors (Lipinski definition) is 1. The number of aromatic amines is 1. The van der Waals surface area contributed by atoms with Crippen molar-refractivity contribution in [2.45, 2.75) is 38.8 Å². The molecule has 1 unspecified atom stereocenters. The van der Waals surface area contributed by atoms with Crippen LogP contribution in [0.5, 0.6) is 0 Å². The summed E-state index contributed by atoms with van der Waals surface area (Å²) in [6, 6.07) is 10.4. The molecule has 1 atom stereocenters. The largest absolute Gasteiger partial charge is 0.337 e. The second-order valence-electron chi connectivity index (χ2n) is 7.92. The Morgan fingerprint density at radius 1 is 1.33 bits per heavy atom. The molecule has 1 aliphatic rings. The molecule has 30 heavy (non-hydrogen) atoms. The second kappa shape index (κ2) is 9.10. The van der Waals surface area contributed by atoms with Crippen molar-refractivity contribution in [2.75, 3.05) is 20.1 Å². The molecule has 0 aliphatic carbocycles. The van der Waals surface area contributed by atoms with E-state index >= 15 is 0 Å². The molecule has 0 saturated heterocycles. The van der Waals surface area contributed by atoms with Crippen LogP contribution in [-0.2, 0) is 24.2 Å². The number of aryl methyl sites for hydroxylation is 1. The summed E-state index contributed by atoms with van der Waals surface area (Å²) < 4.78 is 13.1. The molecule has 1 aromatic carbocycles. The lowest BCUT2D eigenvalue weighted by Crippen LogP contribution is -2.47. The van der Waals surface area contributed by atoms with Gasteiger partial charge in [-0.2, -0.15) is 5.10 Å². The number of rotatable bonds is 7. The molecule has 158 valence electrons. The van der Waals surface area contributed by atoms with Crippen molar-refractivity contribution in [3.8, 4) is 11.3 Å². The van der Waals surface area contributed by atoms with Gasteiger partial charge in [-0.3, -0.25) is 14.8 Å². The summed E-state index contributed by atoms with van der Waals surface area (Å²) in [6.45, 7) is 4.37. The first kappa shape index (κ1) is 20.8. The Morgan fingerprint density at radius 3 is 2.93 bits per heavy atom. The van der Waals surface area contributed by atoms with E-state index in [1.807, 2.05) is 24.9 Å². The zero-order chi connectivity index (χ0) is 21.1. The maximum atomic E-state index is 13.1. The zero-order valence-electron chi connectivity index (χ0n) is 17.4. The van der Waals surface area contributed by atoms with Gasteiger partial charge in [0.1, 0.15) is 5.82 Å². The third-order valence-electron chi connectivity index (χ3n) is 5.87. The Kier molecular flexibility index (Phi) is 6.29. The molecule has 3 heterocycles. The van der Waals surface area contributed by atoms with Crippen LogP contribution < -0.4 is 0 Å². The molecule has 2 aromatic heterocycles.